The molecule has 0 fully saturated rings. The van der Waals surface area contributed by atoms with Crippen molar-refractivity contribution in [3.8, 4) is 0 Å². The average Bonchev–Trinajstić information content (AvgIpc) is 2.85. The van der Waals surface area contributed by atoms with E-state index in [-0.39, 0.29) is 24.5 Å². The number of nitrogens with two attached hydrogens (primary N) is 1. The van der Waals surface area contributed by atoms with Gasteiger partial charge in [0.1, 0.15) is 11.5 Å². The van der Waals surface area contributed by atoms with E-state index in [0.717, 1.165) is 6.42 Å². The lowest BCUT2D eigenvalue weighted by Gasteiger charge is -2.21. The number of carbonyl (C=O) groups is 1. The minimum absolute atomic E-state index is 0.0567. The van der Waals surface area contributed by atoms with Gasteiger partial charge in [-0.3, -0.25) is 4.79 Å². The first kappa shape index (κ1) is 16.2. The number of aromatic nitrogens is 2. The van der Waals surface area contributed by atoms with Gasteiger partial charge in [-0.1, -0.05) is 0 Å². The summed E-state index contributed by atoms with van der Waals surface area (Å²) < 4.78 is 12.0. The third-order valence-corrected chi connectivity index (χ3v) is 3.33. The Morgan fingerprint density at radius 2 is 2.41 bits per heavy atom. The highest BCUT2D eigenvalue weighted by atomic mass is 16.5. The Hall–Kier alpha value is -2.13. The molecule has 2 heterocycles. The van der Waals surface area contributed by atoms with Crippen molar-refractivity contribution < 1.29 is 19.4 Å². The summed E-state index contributed by atoms with van der Waals surface area (Å²) in [5.74, 6) is 0.474. The number of hydrogen-bond acceptors (Lipinski definition) is 8. The molecule has 1 unspecified atom stereocenters. The first-order valence-electron chi connectivity index (χ1n) is 6.97. The topological polar surface area (TPSA) is 124 Å². The van der Waals surface area contributed by atoms with E-state index in [4.69, 9.17) is 15.2 Å². The molecule has 0 aliphatic carbocycles. The Balaban J connectivity index is 2.08. The lowest BCUT2D eigenvalue weighted by molar-refractivity contribution is -0.142. The summed E-state index contributed by atoms with van der Waals surface area (Å²) in [6.45, 7) is 2.77. The van der Waals surface area contributed by atoms with E-state index in [1.807, 2.05) is 4.57 Å². The van der Waals surface area contributed by atoms with Crippen LogP contribution in [-0.4, -0.2) is 46.9 Å². The fourth-order valence-corrected chi connectivity index (χ4v) is 2.23. The number of methoxy groups -OCH3 is 1. The molecule has 9 nitrogen and oxygen atoms in total. The number of nitrogens with zero attached hydrogens (tertiary/aromatic N) is 3. The largest absolute Gasteiger partial charge is 0.466 e. The van der Waals surface area contributed by atoms with Gasteiger partial charge in [0.2, 0.25) is 0 Å². The van der Waals surface area contributed by atoms with Gasteiger partial charge in [0.05, 0.1) is 12.9 Å². The molecule has 1 aliphatic rings. The van der Waals surface area contributed by atoms with Crippen LogP contribution in [0.1, 0.15) is 25.3 Å². The quantitative estimate of drug-likeness (QED) is 0.597. The van der Waals surface area contributed by atoms with Gasteiger partial charge in [-0.2, -0.15) is 0 Å². The number of anilines is 1. The predicted molar refractivity (Wildman–Crippen MR) is 79.0 cm³/mol. The molecule has 2 atom stereocenters. The molecule has 1 aromatic heterocycles. The van der Waals surface area contributed by atoms with Crippen LogP contribution in [0.2, 0.25) is 0 Å². The van der Waals surface area contributed by atoms with Crippen LogP contribution in [0.3, 0.4) is 0 Å². The van der Waals surface area contributed by atoms with E-state index in [1.165, 1.54) is 6.92 Å². The molecule has 0 radical (unpaired) electrons. The molecule has 22 heavy (non-hydrogen) atoms. The Morgan fingerprint density at radius 3 is 3.09 bits per heavy atom. The van der Waals surface area contributed by atoms with Crippen molar-refractivity contribution in [3.63, 3.8) is 0 Å². The van der Waals surface area contributed by atoms with Crippen molar-refractivity contribution in [2.45, 2.75) is 26.1 Å². The van der Waals surface area contributed by atoms with E-state index in [1.54, 1.807) is 13.4 Å². The van der Waals surface area contributed by atoms with Gasteiger partial charge in [-0.15, -0.1) is 0 Å². The number of esters is 1. The van der Waals surface area contributed by atoms with Gasteiger partial charge in [0, 0.05) is 33.1 Å². The Labute approximate surface area is 128 Å². The molecule has 1 aromatic rings. The summed E-state index contributed by atoms with van der Waals surface area (Å²) >= 11 is 0. The molecule has 0 bridgehead atoms. The lowest BCUT2D eigenvalue weighted by Crippen LogP contribution is -2.30. The Kier molecular flexibility index (Phi) is 5.34. The number of aliphatic hydroxyl groups excluding tert-OH is 1. The first-order valence-corrected chi connectivity index (χ1v) is 6.97. The van der Waals surface area contributed by atoms with Crippen LogP contribution in [0, 0.1) is 5.92 Å². The molecular formula is C13H21N5O4. The van der Waals surface area contributed by atoms with Crippen LogP contribution in [0.5, 0.6) is 0 Å². The number of ether oxygens (including phenoxy) is 2. The second kappa shape index (κ2) is 7.23. The maximum Gasteiger partial charge on any atom is 0.302 e. The molecular weight excluding hydrogens is 290 g/mol. The van der Waals surface area contributed by atoms with Crippen molar-refractivity contribution >= 4 is 17.7 Å². The maximum atomic E-state index is 11.0. The van der Waals surface area contributed by atoms with Crippen LogP contribution in [0.15, 0.2) is 11.3 Å². The highest BCUT2D eigenvalue weighted by molar-refractivity contribution is 5.93. The molecule has 0 saturated carbocycles. The number of aliphatic hydroxyl groups is 1. The number of nitrogens with one attached hydrogen (secondary N) is 1. The first-order chi connectivity index (χ1) is 10.5. The summed E-state index contributed by atoms with van der Waals surface area (Å²) in [5.41, 5.74) is 6.05. The molecule has 2 rings (SSSR count). The minimum atomic E-state index is -1.07. The van der Waals surface area contributed by atoms with Gasteiger partial charge < -0.3 is 30.2 Å². The second-order valence-electron chi connectivity index (χ2n) is 5.09. The SMILES string of the molecule is COCC[C@@H](COC(C)=O)Cn1cnc2c1NC(N)=NC2O. The van der Waals surface area contributed by atoms with Crippen molar-refractivity contribution in [2.75, 3.05) is 25.6 Å². The summed E-state index contributed by atoms with van der Waals surface area (Å²) in [7, 11) is 1.62. The van der Waals surface area contributed by atoms with Gasteiger partial charge in [0.25, 0.3) is 0 Å². The van der Waals surface area contributed by atoms with Gasteiger partial charge in [-0.25, -0.2) is 9.98 Å². The number of rotatable bonds is 7. The zero-order chi connectivity index (χ0) is 16.1. The van der Waals surface area contributed by atoms with E-state index < -0.39 is 6.23 Å². The zero-order valence-electron chi connectivity index (χ0n) is 12.7. The normalized spacial score (nSPS) is 18.1. The van der Waals surface area contributed by atoms with Crippen LogP contribution >= 0.6 is 0 Å². The third kappa shape index (κ3) is 3.95. The summed E-state index contributed by atoms with van der Waals surface area (Å²) in [6, 6.07) is 0. The van der Waals surface area contributed by atoms with Crippen LogP contribution in [0.4, 0.5) is 5.82 Å². The number of carbonyl (C=O) groups excluding carboxylic acids is 1. The van der Waals surface area contributed by atoms with Crippen LogP contribution in [0.25, 0.3) is 0 Å². The monoisotopic (exact) mass is 311 g/mol. The average molecular weight is 311 g/mol. The predicted octanol–water partition coefficient (Wildman–Crippen LogP) is -0.170. The molecule has 4 N–H and O–H groups in total. The van der Waals surface area contributed by atoms with Crippen molar-refractivity contribution in [1.82, 2.24) is 9.55 Å². The summed E-state index contributed by atoms with van der Waals surface area (Å²) in [5, 5.41) is 12.7. The summed E-state index contributed by atoms with van der Waals surface area (Å²) in [6.07, 6.45) is 1.26. The smallest absolute Gasteiger partial charge is 0.302 e. The molecule has 0 amide bonds. The number of hydrogen-bond donors (Lipinski definition) is 3. The Morgan fingerprint density at radius 1 is 1.64 bits per heavy atom. The minimum Gasteiger partial charge on any atom is -0.466 e. The fraction of sp³-hybridized carbons (Fsp3) is 0.615. The van der Waals surface area contributed by atoms with Gasteiger partial charge in [0.15, 0.2) is 12.2 Å². The number of aliphatic imine (C=N–C) groups is 1. The van der Waals surface area contributed by atoms with E-state index in [9.17, 15) is 9.90 Å². The van der Waals surface area contributed by atoms with Crippen LogP contribution in [-0.2, 0) is 20.8 Å². The van der Waals surface area contributed by atoms with Gasteiger partial charge >= 0.3 is 5.97 Å². The molecule has 1 aliphatic heterocycles. The van der Waals surface area contributed by atoms with E-state index >= 15 is 0 Å². The maximum absolute atomic E-state index is 11.0. The third-order valence-electron chi connectivity index (χ3n) is 3.33. The zero-order valence-corrected chi connectivity index (χ0v) is 12.7. The standard InChI is InChI=1S/C13H21N5O4/c1-8(19)22-6-9(3-4-21-2)5-18-7-15-10-11(18)16-13(14)17-12(10)20/h7,9,12,20H,3-6H2,1-2H3,(H3,14,16,17)/t9-,12?/m1/s1. The Bertz CT molecular complexity index is 557. The van der Waals surface area contributed by atoms with Crippen LogP contribution < -0.4 is 11.1 Å². The molecule has 0 spiro atoms. The number of guanidine groups is 1. The van der Waals surface area contributed by atoms with Crippen molar-refractivity contribution in [1.29, 1.82) is 0 Å². The molecule has 0 saturated heterocycles. The highest BCUT2D eigenvalue weighted by Gasteiger charge is 2.24. The highest BCUT2D eigenvalue weighted by Crippen LogP contribution is 2.27. The fourth-order valence-electron chi connectivity index (χ4n) is 2.23. The number of fused-ring (bicyclic) bond motifs is 1. The molecule has 122 valence electrons. The van der Waals surface area contributed by atoms with Crippen molar-refractivity contribution in [3.05, 3.63) is 12.0 Å². The number of imidazole rings is 1. The second-order valence-corrected chi connectivity index (χ2v) is 5.09. The van der Waals surface area contributed by atoms with E-state index in [2.05, 4.69) is 15.3 Å². The lowest BCUT2D eigenvalue weighted by atomic mass is 10.1. The van der Waals surface area contributed by atoms with Crippen molar-refractivity contribution in [2.24, 2.45) is 16.6 Å². The molecule has 9 heteroatoms. The summed E-state index contributed by atoms with van der Waals surface area (Å²) in [4.78, 5) is 18.9. The van der Waals surface area contributed by atoms with E-state index in [0.29, 0.717) is 24.7 Å². The molecule has 0 aromatic carbocycles. The van der Waals surface area contributed by atoms with Gasteiger partial charge in [-0.05, 0) is 6.42 Å².